The molecule has 0 aliphatic rings. The van der Waals surface area contributed by atoms with Crippen LogP contribution in [-0.4, -0.2) is 38.1 Å². The summed E-state index contributed by atoms with van der Waals surface area (Å²) in [6, 6.07) is 0. The second kappa shape index (κ2) is 7.05. The average molecular weight is 290 g/mol. The fraction of sp³-hybridized carbons (Fsp3) is 0.846. The Morgan fingerprint density at radius 2 is 1.74 bits per heavy atom. The zero-order valence-corrected chi connectivity index (χ0v) is 13.8. The predicted molar refractivity (Wildman–Crippen MR) is 75.6 cm³/mol. The van der Waals surface area contributed by atoms with Gasteiger partial charge in [-0.15, -0.1) is 0 Å². The summed E-state index contributed by atoms with van der Waals surface area (Å²) in [5.41, 5.74) is 0. The number of carboxylic acid groups (broad SMARTS) is 1. The Morgan fingerprint density at radius 1 is 1.21 bits per heavy atom. The van der Waals surface area contributed by atoms with Crippen molar-refractivity contribution in [3.05, 3.63) is 0 Å². The SMILES string of the molecule is CCOC(=O)C[C@H](CC(=O)O)O[Si](C)(C)C(C)(C)C. The van der Waals surface area contributed by atoms with Gasteiger partial charge in [-0.1, -0.05) is 20.8 Å². The summed E-state index contributed by atoms with van der Waals surface area (Å²) in [6.07, 6.45) is -0.796. The van der Waals surface area contributed by atoms with Crippen LogP contribution in [-0.2, 0) is 18.8 Å². The molecule has 19 heavy (non-hydrogen) atoms. The van der Waals surface area contributed by atoms with Gasteiger partial charge in [-0.3, -0.25) is 9.59 Å². The Morgan fingerprint density at radius 3 is 2.11 bits per heavy atom. The van der Waals surface area contributed by atoms with Crippen LogP contribution >= 0.6 is 0 Å². The van der Waals surface area contributed by atoms with Gasteiger partial charge in [-0.25, -0.2) is 0 Å². The molecular formula is C13H26O5Si. The van der Waals surface area contributed by atoms with E-state index in [4.69, 9.17) is 14.3 Å². The van der Waals surface area contributed by atoms with Crippen molar-refractivity contribution in [2.24, 2.45) is 0 Å². The number of hydrogen-bond acceptors (Lipinski definition) is 4. The van der Waals surface area contributed by atoms with Crippen molar-refractivity contribution in [3.8, 4) is 0 Å². The molecule has 0 radical (unpaired) electrons. The second-order valence-electron chi connectivity index (χ2n) is 6.11. The highest BCUT2D eigenvalue weighted by atomic mass is 28.4. The van der Waals surface area contributed by atoms with Crippen LogP contribution in [0.1, 0.15) is 40.5 Å². The van der Waals surface area contributed by atoms with Crippen molar-refractivity contribution >= 4 is 20.3 Å². The number of carbonyl (C=O) groups is 2. The van der Waals surface area contributed by atoms with Gasteiger partial charge in [-0.05, 0) is 25.1 Å². The zero-order valence-electron chi connectivity index (χ0n) is 12.8. The maximum Gasteiger partial charge on any atom is 0.308 e. The molecule has 0 aromatic rings. The third-order valence-corrected chi connectivity index (χ3v) is 7.90. The van der Waals surface area contributed by atoms with E-state index in [0.717, 1.165) is 0 Å². The molecule has 112 valence electrons. The largest absolute Gasteiger partial charge is 0.481 e. The van der Waals surface area contributed by atoms with E-state index in [1.54, 1.807) is 6.92 Å². The van der Waals surface area contributed by atoms with Gasteiger partial charge >= 0.3 is 11.9 Å². The van der Waals surface area contributed by atoms with Gasteiger partial charge < -0.3 is 14.3 Å². The van der Waals surface area contributed by atoms with E-state index in [2.05, 4.69) is 20.8 Å². The van der Waals surface area contributed by atoms with Crippen LogP contribution in [0.3, 0.4) is 0 Å². The molecule has 0 spiro atoms. The van der Waals surface area contributed by atoms with E-state index in [1.165, 1.54) is 0 Å². The molecule has 0 saturated heterocycles. The van der Waals surface area contributed by atoms with Crippen molar-refractivity contribution in [2.45, 2.75) is 64.8 Å². The Hall–Kier alpha value is -0.883. The van der Waals surface area contributed by atoms with E-state index in [9.17, 15) is 9.59 Å². The van der Waals surface area contributed by atoms with Crippen LogP contribution < -0.4 is 0 Å². The summed E-state index contributed by atoms with van der Waals surface area (Å²) in [7, 11) is -2.10. The molecule has 5 nitrogen and oxygen atoms in total. The number of esters is 1. The predicted octanol–water partition coefficient (Wildman–Crippen LogP) is 2.80. The molecule has 0 amide bonds. The molecular weight excluding hydrogens is 264 g/mol. The number of hydrogen-bond donors (Lipinski definition) is 1. The fourth-order valence-corrected chi connectivity index (χ4v) is 2.70. The average Bonchev–Trinajstić information content (AvgIpc) is 2.13. The third kappa shape index (κ3) is 6.73. The number of ether oxygens (including phenoxy) is 1. The zero-order chi connectivity index (χ0) is 15.3. The Kier molecular flexibility index (Phi) is 6.72. The molecule has 0 bridgehead atoms. The van der Waals surface area contributed by atoms with Crippen molar-refractivity contribution in [2.75, 3.05) is 6.61 Å². The van der Waals surface area contributed by atoms with E-state index in [-0.39, 0.29) is 17.9 Å². The van der Waals surface area contributed by atoms with Gasteiger partial charge in [0.1, 0.15) is 0 Å². The van der Waals surface area contributed by atoms with E-state index in [1.807, 2.05) is 13.1 Å². The lowest BCUT2D eigenvalue weighted by molar-refractivity contribution is -0.146. The van der Waals surface area contributed by atoms with Crippen LogP contribution in [0, 0.1) is 0 Å². The summed E-state index contributed by atoms with van der Waals surface area (Å²) < 4.78 is 10.8. The molecule has 0 saturated carbocycles. The minimum absolute atomic E-state index is 0.00729. The monoisotopic (exact) mass is 290 g/mol. The topological polar surface area (TPSA) is 72.8 Å². The minimum atomic E-state index is -2.10. The smallest absolute Gasteiger partial charge is 0.308 e. The molecule has 1 N–H and O–H groups in total. The summed E-state index contributed by atoms with van der Waals surface area (Å²) in [6.45, 7) is 12.3. The van der Waals surface area contributed by atoms with Crippen LogP contribution in [0.2, 0.25) is 18.1 Å². The lowest BCUT2D eigenvalue weighted by Crippen LogP contribution is -2.45. The van der Waals surface area contributed by atoms with Crippen molar-refractivity contribution in [3.63, 3.8) is 0 Å². The normalized spacial score (nSPS) is 14.0. The standard InChI is InChI=1S/C13H26O5Si/c1-7-17-12(16)9-10(8-11(14)15)18-19(5,6)13(2,3)4/h10H,7-9H2,1-6H3,(H,14,15)/t10-/m0/s1. The maximum absolute atomic E-state index is 11.5. The highest BCUT2D eigenvalue weighted by Gasteiger charge is 2.40. The lowest BCUT2D eigenvalue weighted by Gasteiger charge is -2.38. The molecule has 1 atom stereocenters. The Balaban J connectivity index is 4.77. The molecule has 0 heterocycles. The first kappa shape index (κ1) is 18.1. The fourth-order valence-electron chi connectivity index (χ4n) is 1.35. The van der Waals surface area contributed by atoms with Gasteiger partial charge in [0.2, 0.25) is 0 Å². The van der Waals surface area contributed by atoms with Crippen molar-refractivity contribution in [1.29, 1.82) is 0 Å². The Bertz CT molecular complexity index is 319. The van der Waals surface area contributed by atoms with Gasteiger partial charge in [-0.2, -0.15) is 0 Å². The molecule has 6 heteroatoms. The highest BCUT2D eigenvalue weighted by Crippen LogP contribution is 2.38. The summed E-state index contributed by atoms with van der Waals surface area (Å²) in [4.78, 5) is 22.4. The molecule has 0 aromatic carbocycles. The molecule has 0 aliphatic heterocycles. The number of carbonyl (C=O) groups excluding carboxylic acids is 1. The molecule has 0 fully saturated rings. The summed E-state index contributed by atoms with van der Waals surface area (Å²) >= 11 is 0. The number of carboxylic acids is 1. The first-order valence-corrected chi connectivity index (χ1v) is 9.45. The molecule has 0 aromatic heterocycles. The van der Waals surface area contributed by atoms with E-state index < -0.39 is 26.4 Å². The summed E-state index contributed by atoms with van der Waals surface area (Å²) in [5.74, 6) is -1.37. The van der Waals surface area contributed by atoms with Crippen molar-refractivity contribution in [1.82, 2.24) is 0 Å². The third-order valence-electron chi connectivity index (χ3n) is 3.37. The summed E-state index contributed by atoms with van der Waals surface area (Å²) in [5, 5.41) is 8.88. The first-order valence-electron chi connectivity index (χ1n) is 6.55. The quantitative estimate of drug-likeness (QED) is 0.576. The van der Waals surface area contributed by atoms with Gasteiger partial charge in [0.25, 0.3) is 0 Å². The maximum atomic E-state index is 11.5. The van der Waals surface area contributed by atoms with Crippen LogP contribution in [0.5, 0.6) is 0 Å². The van der Waals surface area contributed by atoms with Crippen molar-refractivity contribution < 1.29 is 23.9 Å². The van der Waals surface area contributed by atoms with E-state index in [0.29, 0.717) is 6.61 Å². The first-order chi connectivity index (χ1) is 8.49. The molecule has 0 unspecified atom stereocenters. The van der Waals surface area contributed by atoms with Gasteiger partial charge in [0, 0.05) is 0 Å². The molecule has 0 rings (SSSR count). The second-order valence-corrected chi connectivity index (χ2v) is 10.9. The van der Waals surface area contributed by atoms with Gasteiger partial charge in [0.15, 0.2) is 8.32 Å². The number of rotatable bonds is 7. The van der Waals surface area contributed by atoms with E-state index >= 15 is 0 Å². The number of aliphatic carboxylic acids is 1. The van der Waals surface area contributed by atoms with Crippen LogP contribution in [0.15, 0.2) is 0 Å². The van der Waals surface area contributed by atoms with Gasteiger partial charge in [0.05, 0.1) is 25.6 Å². The lowest BCUT2D eigenvalue weighted by atomic mass is 10.2. The van der Waals surface area contributed by atoms with Crippen LogP contribution in [0.4, 0.5) is 0 Å². The minimum Gasteiger partial charge on any atom is -0.481 e. The Labute approximate surface area is 116 Å². The molecule has 0 aliphatic carbocycles. The highest BCUT2D eigenvalue weighted by molar-refractivity contribution is 6.74. The van der Waals surface area contributed by atoms with Crippen LogP contribution in [0.25, 0.3) is 0 Å².